The van der Waals surface area contributed by atoms with E-state index >= 15 is 0 Å². The van der Waals surface area contributed by atoms with E-state index < -0.39 is 17.4 Å². The molecule has 0 N–H and O–H groups in total. The van der Waals surface area contributed by atoms with Crippen LogP contribution in [0.4, 0.5) is 5.69 Å². The lowest BCUT2D eigenvalue weighted by Gasteiger charge is -2.27. The largest absolute Gasteiger partial charge is 0.360 e. The molecule has 1 aromatic heterocycles. The summed E-state index contributed by atoms with van der Waals surface area (Å²) in [6, 6.07) is 7.73. The number of carbonyl (C=O) groups is 2. The Hall–Kier alpha value is -2.93. The summed E-state index contributed by atoms with van der Waals surface area (Å²) in [5.74, 6) is -0.602. The molecule has 1 aromatic carbocycles. The molecule has 2 amide bonds. The fraction of sp³-hybridized carbons (Fsp3) is 0.409. The summed E-state index contributed by atoms with van der Waals surface area (Å²) in [7, 11) is 1.72. The highest BCUT2D eigenvalue weighted by atomic mass is 16.5. The fourth-order valence-corrected chi connectivity index (χ4v) is 4.78. The van der Waals surface area contributed by atoms with E-state index in [1.165, 1.54) is 5.56 Å². The predicted octanol–water partition coefficient (Wildman–Crippen LogP) is 2.24. The second kappa shape index (κ2) is 6.29. The first-order chi connectivity index (χ1) is 13.9. The van der Waals surface area contributed by atoms with Gasteiger partial charge in [0.25, 0.3) is 0 Å². The van der Waals surface area contributed by atoms with E-state index in [1.54, 1.807) is 29.1 Å². The van der Waals surface area contributed by atoms with Gasteiger partial charge in [-0.3, -0.25) is 9.59 Å². The number of aryl methyl sites for hydroxylation is 2. The Kier molecular flexibility index (Phi) is 3.93. The van der Waals surface area contributed by atoms with Crippen molar-refractivity contribution in [1.82, 2.24) is 10.1 Å². The predicted molar refractivity (Wildman–Crippen MR) is 105 cm³/mol. The minimum atomic E-state index is -0.728. The van der Waals surface area contributed by atoms with Crippen LogP contribution in [0.3, 0.4) is 0 Å². The number of benzene rings is 1. The Morgan fingerprint density at radius 1 is 1.31 bits per heavy atom. The van der Waals surface area contributed by atoms with E-state index in [9.17, 15) is 9.59 Å². The van der Waals surface area contributed by atoms with E-state index in [4.69, 9.17) is 9.26 Å². The van der Waals surface area contributed by atoms with Gasteiger partial charge in [-0.1, -0.05) is 23.4 Å². The van der Waals surface area contributed by atoms with Gasteiger partial charge in [-0.25, -0.2) is 0 Å². The number of nitrogens with zero attached hydrogens (tertiary/aromatic N) is 3. The van der Waals surface area contributed by atoms with E-state index in [-0.39, 0.29) is 17.9 Å². The highest BCUT2D eigenvalue weighted by Gasteiger charge is 2.67. The van der Waals surface area contributed by atoms with Crippen LogP contribution in [0.25, 0.3) is 0 Å². The van der Waals surface area contributed by atoms with Crippen LogP contribution in [0, 0.1) is 25.7 Å². The van der Waals surface area contributed by atoms with Gasteiger partial charge in [0.1, 0.15) is 5.60 Å². The van der Waals surface area contributed by atoms with Crippen molar-refractivity contribution in [3.8, 4) is 0 Å². The summed E-state index contributed by atoms with van der Waals surface area (Å²) in [6.45, 7) is 4.82. The van der Waals surface area contributed by atoms with Crippen molar-refractivity contribution in [2.75, 3.05) is 18.5 Å². The summed E-state index contributed by atoms with van der Waals surface area (Å²) >= 11 is 0. The molecule has 0 radical (unpaired) electrons. The van der Waals surface area contributed by atoms with Crippen LogP contribution in [-0.4, -0.2) is 47.2 Å². The Bertz CT molecular complexity index is 1020. The standard InChI is InChI=1S/C22H23N3O4/c1-13-4-5-15(10-14(13)2)25-12-22-8-6-17(28-22)18(19(22)21(25)27)20(26)24(3)11-16-7-9-23-29-16/h4-10,17-19H,11-12H2,1-3H3/t17-,18?,19?,22-/m1/s1. The van der Waals surface area contributed by atoms with E-state index in [0.29, 0.717) is 18.8 Å². The number of carbonyl (C=O) groups excluding carboxylic acids is 2. The van der Waals surface area contributed by atoms with Gasteiger partial charge in [-0.05, 0) is 37.1 Å². The zero-order valence-electron chi connectivity index (χ0n) is 16.7. The van der Waals surface area contributed by atoms with Crippen LogP contribution in [-0.2, 0) is 20.9 Å². The maximum absolute atomic E-state index is 13.4. The normalized spacial score (nSPS) is 29.6. The van der Waals surface area contributed by atoms with Gasteiger partial charge in [-0.2, -0.15) is 0 Å². The lowest BCUT2D eigenvalue weighted by molar-refractivity contribution is -0.139. The molecular formula is C22H23N3O4. The Morgan fingerprint density at radius 2 is 2.14 bits per heavy atom. The van der Waals surface area contributed by atoms with E-state index in [1.807, 2.05) is 44.2 Å². The summed E-state index contributed by atoms with van der Waals surface area (Å²) in [5.41, 5.74) is 2.43. The topological polar surface area (TPSA) is 75.9 Å². The molecule has 7 nitrogen and oxygen atoms in total. The van der Waals surface area contributed by atoms with Gasteiger partial charge >= 0.3 is 0 Å². The Morgan fingerprint density at radius 3 is 2.86 bits per heavy atom. The number of aromatic nitrogens is 1. The summed E-state index contributed by atoms with van der Waals surface area (Å²) in [5, 5.41) is 3.68. The molecule has 2 unspecified atom stereocenters. The summed E-state index contributed by atoms with van der Waals surface area (Å²) in [6.07, 6.45) is 5.09. The molecule has 2 aromatic rings. The van der Waals surface area contributed by atoms with Crippen molar-refractivity contribution < 1.29 is 18.8 Å². The number of fused-ring (bicyclic) bond motifs is 1. The first-order valence-corrected chi connectivity index (χ1v) is 9.80. The minimum Gasteiger partial charge on any atom is -0.360 e. The molecular weight excluding hydrogens is 370 g/mol. The highest BCUT2D eigenvalue weighted by molar-refractivity contribution is 6.03. The fourth-order valence-electron chi connectivity index (χ4n) is 4.78. The van der Waals surface area contributed by atoms with Crippen molar-refractivity contribution in [3.05, 3.63) is 59.5 Å². The Balaban J connectivity index is 1.43. The van der Waals surface area contributed by atoms with Gasteiger partial charge in [-0.15, -0.1) is 0 Å². The molecule has 3 aliphatic rings. The van der Waals surface area contributed by atoms with Crippen molar-refractivity contribution in [2.24, 2.45) is 11.8 Å². The lowest BCUT2D eigenvalue weighted by atomic mass is 9.76. The zero-order chi connectivity index (χ0) is 20.3. The molecule has 0 aliphatic carbocycles. The molecule has 4 heterocycles. The van der Waals surface area contributed by atoms with E-state index in [0.717, 1.165) is 11.3 Å². The Labute approximate surface area is 168 Å². The molecule has 3 aliphatic heterocycles. The van der Waals surface area contributed by atoms with Crippen molar-refractivity contribution in [3.63, 3.8) is 0 Å². The molecule has 0 saturated carbocycles. The highest BCUT2D eigenvalue weighted by Crippen LogP contribution is 2.53. The third-order valence-corrected chi connectivity index (χ3v) is 6.45. The second-order valence-corrected chi connectivity index (χ2v) is 8.27. The monoisotopic (exact) mass is 393 g/mol. The van der Waals surface area contributed by atoms with Crippen molar-refractivity contribution in [1.29, 1.82) is 0 Å². The smallest absolute Gasteiger partial charge is 0.234 e. The molecule has 5 rings (SSSR count). The van der Waals surface area contributed by atoms with Gasteiger partial charge < -0.3 is 19.1 Å². The van der Waals surface area contributed by atoms with E-state index in [2.05, 4.69) is 5.16 Å². The lowest BCUT2D eigenvalue weighted by Crippen LogP contribution is -2.44. The van der Waals surface area contributed by atoms with Crippen LogP contribution in [0.5, 0.6) is 0 Å². The van der Waals surface area contributed by atoms with Crippen LogP contribution >= 0.6 is 0 Å². The molecule has 29 heavy (non-hydrogen) atoms. The van der Waals surface area contributed by atoms with Crippen LogP contribution < -0.4 is 4.90 Å². The SMILES string of the molecule is Cc1ccc(N2C[C@@]34C=C[C@@H](O3)C(C(=O)N(C)Cc3ccno3)C4C2=O)cc1C. The molecule has 2 bridgehead atoms. The van der Waals surface area contributed by atoms with Crippen molar-refractivity contribution in [2.45, 2.75) is 32.1 Å². The van der Waals surface area contributed by atoms with Crippen LogP contribution in [0.1, 0.15) is 16.9 Å². The average Bonchev–Trinajstić information content (AvgIpc) is 3.46. The molecule has 1 spiro atoms. The van der Waals surface area contributed by atoms with Crippen LogP contribution in [0.2, 0.25) is 0 Å². The summed E-state index contributed by atoms with van der Waals surface area (Å²) < 4.78 is 11.3. The molecule has 7 heteroatoms. The third kappa shape index (κ3) is 2.64. The number of ether oxygens (including phenoxy) is 1. The quantitative estimate of drug-likeness (QED) is 0.745. The van der Waals surface area contributed by atoms with Crippen LogP contribution in [0.15, 0.2) is 47.1 Å². The summed E-state index contributed by atoms with van der Waals surface area (Å²) in [4.78, 5) is 30.1. The first kappa shape index (κ1) is 18.1. The maximum atomic E-state index is 13.4. The number of hydrogen-bond donors (Lipinski definition) is 0. The molecule has 2 saturated heterocycles. The average molecular weight is 393 g/mol. The van der Waals surface area contributed by atoms with Gasteiger partial charge in [0.15, 0.2) is 5.76 Å². The minimum absolute atomic E-state index is 0.0495. The number of anilines is 1. The van der Waals surface area contributed by atoms with Gasteiger partial charge in [0.05, 0.1) is 37.2 Å². The number of amides is 2. The molecule has 4 atom stereocenters. The van der Waals surface area contributed by atoms with Gasteiger partial charge in [0.2, 0.25) is 11.8 Å². The molecule has 150 valence electrons. The zero-order valence-corrected chi connectivity index (χ0v) is 16.7. The maximum Gasteiger partial charge on any atom is 0.234 e. The number of hydrogen-bond acceptors (Lipinski definition) is 5. The second-order valence-electron chi connectivity index (χ2n) is 8.27. The third-order valence-electron chi connectivity index (χ3n) is 6.45. The number of rotatable bonds is 4. The van der Waals surface area contributed by atoms with Gasteiger partial charge in [0, 0.05) is 18.8 Å². The van der Waals surface area contributed by atoms with Crippen molar-refractivity contribution >= 4 is 17.5 Å². The first-order valence-electron chi connectivity index (χ1n) is 9.80. The molecule has 2 fully saturated rings.